The molecule has 3 rings (SSSR count). The van der Waals surface area contributed by atoms with Gasteiger partial charge in [0.2, 0.25) is 0 Å². The van der Waals surface area contributed by atoms with Crippen LogP contribution in [0.4, 0.5) is 11.4 Å². The van der Waals surface area contributed by atoms with Gasteiger partial charge < -0.3 is 10.2 Å². The van der Waals surface area contributed by atoms with Crippen molar-refractivity contribution in [2.24, 2.45) is 0 Å². The Labute approximate surface area is 160 Å². The number of amides is 1. The number of aryl methyl sites for hydroxylation is 2. The van der Waals surface area contributed by atoms with Crippen molar-refractivity contribution in [3.05, 3.63) is 53.3 Å². The highest BCUT2D eigenvalue weighted by molar-refractivity contribution is 7.91. The van der Waals surface area contributed by atoms with Crippen LogP contribution in [0.2, 0.25) is 0 Å². The Morgan fingerprint density at radius 1 is 1.30 bits per heavy atom. The van der Waals surface area contributed by atoms with E-state index in [-0.39, 0.29) is 23.5 Å². The van der Waals surface area contributed by atoms with Crippen molar-refractivity contribution in [3.8, 4) is 0 Å². The fourth-order valence-electron chi connectivity index (χ4n) is 3.40. The van der Waals surface area contributed by atoms with E-state index in [1.165, 1.54) is 0 Å². The number of anilines is 2. The Bertz CT molecular complexity index is 939. The van der Waals surface area contributed by atoms with Gasteiger partial charge in [-0.05, 0) is 43.0 Å². The number of carbonyl (C=O) groups is 1. The predicted octanol–water partition coefficient (Wildman–Crippen LogP) is 2.83. The maximum absolute atomic E-state index is 12.6. The zero-order valence-electron chi connectivity index (χ0n) is 15.9. The van der Waals surface area contributed by atoms with Crippen molar-refractivity contribution < 1.29 is 13.2 Å². The lowest BCUT2D eigenvalue weighted by molar-refractivity contribution is 0.102. The third kappa shape index (κ3) is 4.30. The Morgan fingerprint density at radius 3 is 2.67 bits per heavy atom. The largest absolute Gasteiger partial charge is 0.369 e. The molecular weight excluding hydrogens is 362 g/mol. The van der Waals surface area contributed by atoms with Gasteiger partial charge in [0.1, 0.15) is 5.69 Å². The van der Waals surface area contributed by atoms with Gasteiger partial charge >= 0.3 is 0 Å². The minimum Gasteiger partial charge on any atom is -0.369 e. The number of sulfone groups is 1. The van der Waals surface area contributed by atoms with E-state index in [0.717, 1.165) is 28.9 Å². The first-order valence-electron chi connectivity index (χ1n) is 9.10. The van der Waals surface area contributed by atoms with Gasteiger partial charge in [0.05, 0.1) is 23.4 Å². The summed E-state index contributed by atoms with van der Waals surface area (Å²) in [6, 6.07) is 9.39. The summed E-state index contributed by atoms with van der Waals surface area (Å²) in [5.41, 5.74) is 4.07. The number of hydrogen-bond donors (Lipinski definition) is 1. The van der Waals surface area contributed by atoms with E-state index in [2.05, 4.69) is 17.2 Å². The molecule has 1 aromatic heterocycles. The van der Waals surface area contributed by atoms with E-state index in [1.807, 2.05) is 43.1 Å². The number of carbonyl (C=O) groups excluding carboxylic acids is 1. The van der Waals surface area contributed by atoms with Crippen LogP contribution in [-0.4, -0.2) is 43.9 Å². The summed E-state index contributed by atoms with van der Waals surface area (Å²) in [4.78, 5) is 18.8. The van der Waals surface area contributed by atoms with Gasteiger partial charge in [0, 0.05) is 18.8 Å². The Kier molecular flexibility index (Phi) is 5.51. The SMILES string of the molecule is CCc1cccc(C)c1NC(=O)c1ccc(N(C)C2CCS(=O)(=O)C2)cn1. The molecule has 27 heavy (non-hydrogen) atoms. The molecule has 1 fully saturated rings. The molecule has 0 aliphatic carbocycles. The zero-order valence-corrected chi connectivity index (χ0v) is 16.7. The van der Waals surface area contributed by atoms with Crippen molar-refractivity contribution in [1.29, 1.82) is 0 Å². The van der Waals surface area contributed by atoms with Gasteiger partial charge in [-0.15, -0.1) is 0 Å². The molecule has 1 atom stereocenters. The van der Waals surface area contributed by atoms with Crippen LogP contribution in [0.3, 0.4) is 0 Å². The lowest BCUT2D eigenvalue weighted by atomic mass is 10.1. The minimum atomic E-state index is -2.94. The third-order valence-corrected chi connectivity index (χ3v) is 6.87. The molecule has 1 amide bonds. The number of nitrogens with zero attached hydrogens (tertiary/aromatic N) is 2. The Morgan fingerprint density at radius 2 is 2.07 bits per heavy atom. The molecule has 0 saturated carbocycles. The average Bonchev–Trinajstić information content (AvgIpc) is 3.02. The molecule has 7 heteroatoms. The number of rotatable bonds is 5. The molecule has 1 N–H and O–H groups in total. The number of benzene rings is 1. The highest BCUT2D eigenvalue weighted by atomic mass is 32.2. The van der Waals surface area contributed by atoms with Crippen molar-refractivity contribution in [3.63, 3.8) is 0 Å². The summed E-state index contributed by atoms with van der Waals surface area (Å²) in [5.74, 6) is 0.141. The van der Waals surface area contributed by atoms with Crippen molar-refractivity contribution >= 4 is 27.1 Å². The Hall–Kier alpha value is -2.41. The first-order valence-corrected chi connectivity index (χ1v) is 10.9. The maximum Gasteiger partial charge on any atom is 0.274 e. The molecule has 2 heterocycles. The number of pyridine rings is 1. The molecule has 2 aromatic rings. The fourth-order valence-corrected chi connectivity index (χ4v) is 5.17. The average molecular weight is 388 g/mol. The monoisotopic (exact) mass is 387 g/mol. The zero-order chi connectivity index (χ0) is 19.6. The lowest BCUT2D eigenvalue weighted by Gasteiger charge is -2.25. The molecule has 1 aliphatic rings. The molecule has 144 valence electrons. The van der Waals surface area contributed by atoms with Crippen LogP contribution in [-0.2, 0) is 16.3 Å². The van der Waals surface area contributed by atoms with Crippen LogP contribution >= 0.6 is 0 Å². The van der Waals surface area contributed by atoms with Gasteiger partial charge in [-0.3, -0.25) is 4.79 Å². The minimum absolute atomic E-state index is 0.0458. The summed E-state index contributed by atoms with van der Waals surface area (Å²) in [6.45, 7) is 4.02. The Balaban J connectivity index is 1.73. The van der Waals surface area contributed by atoms with Gasteiger partial charge in [-0.1, -0.05) is 25.1 Å². The molecule has 1 unspecified atom stereocenters. The topological polar surface area (TPSA) is 79.4 Å². The van der Waals surface area contributed by atoms with Crippen molar-refractivity contribution in [1.82, 2.24) is 4.98 Å². The first kappa shape index (κ1) is 19.4. The summed E-state index contributed by atoms with van der Waals surface area (Å²) < 4.78 is 23.4. The second-order valence-corrected chi connectivity index (χ2v) is 9.21. The summed E-state index contributed by atoms with van der Waals surface area (Å²) in [6.07, 6.45) is 3.07. The normalized spacial score (nSPS) is 18.3. The predicted molar refractivity (Wildman–Crippen MR) is 108 cm³/mol. The highest BCUT2D eigenvalue weighted by Gasteiger charge is 2.31. The van der Waals surface area contributed by atoms with Crippen LogP contribution in [0.1, 0.15) is 35.0 Å². The molecule has 6 nitrogen and oxygen atoms in total. The first-order chi connectivity index (χ1) is 12.8. The van der Waals surface area contributed by atoms with Crippen LogP contribution in [0, 0.1) is 6.92 Å². The lowest BCUT2D eigenvalue weighted by Crippen LogP contribution is -2.32. The quantitative estimate of drug-likeness (QED) is 0.853. The molecular formula is C20H25N3O3S. The molecule has 0 spiro atoms. The van der Waals surface area contributed by atoms with Crippen LogP contribution in [0.15, 0.2) is 36.5 Å². The van der Waals surface area contributed by atoms with E-state index in [0.29, 0.717) is 12.1 Å². The number of nitrogens with one attached hydrogen (secondary N) is 1. The van der Waals surface area contributed by atoms with E-state index >= 15 is 0 Å². The molecule has 1 aromatic carbocycles. The van der Waals surface area contributed by atoms with Crippen LogP contribution in [0.25, 0.3) is 0 Å². The molecule has 0 radical (unpaired) electrons. The van der Waals surface area contributed by atoms with Gasteiger partial charge in [0.15, 0.2) is 9.84 Å². The smallest absolute Gasteiger partial charge is 0.274 e. The second kappa shape index (κ2) is 7.68. The molecule has 1 aliphatic heterocycles. The van der Waals surface area contributed by atoms with Crippen molar-refractivity contribution in [2.45, 2.75) is 32.7 Å². The second-order valence-electron chi connectivity index (χ2n) is 6.99. The van der Waals surface area contributed by atoms with Crippen LogP contribution < -0.4 is 10.2 Å². The van der Waals surface area contributed by atoms with Crippen molar-refractivity contribution in [2.75, 3.05) is 28.8 Å². The summed E-state index contributed by atoms with van der Waals surface area (Å²) in [7, 11) is -1.08. The third-order valence-electron chi connectivity index (χ3n) is 5.12. The molecule has 1 saturated heterocycles. The van der Waals surface area contributed by atoms with E-state index in [4.69, 9.17) is 0 Å². The number of para-hydroxylation sites is 1. The van der Waals surface area contributed by atoms with E-state index in [1.54, 1.807) is 12.3 Å². The highest BCUT2D eigenvalue weighted by Crippen LogP contribution is 2.24. The van der Waals surface area contributed by atoms with Gasteiger partial charge in [-0.2, -0.15) is 0 Å². The maximum atomic E-state index is 12.6. The van der Waals surface area contributed by atoms with Crippen LogP contribution in [0.5, 0.6) is 0 Å². The van der Waals surface area contributed by atoms with E-state index in [9.17, 15) is 13.2 Å². The fraction of sp³-hybridized carbons (Fsp3) is 0.400. The van der Waals surface area contributed by atoms with Gasteiger partial charge in [0.25, 0.3) is 5.91 Å². The number of hydrogen-bond acceptors (Lipinski definition) is 5. The van der Waals surface area contributed by atoms with Gasteiger partial charge in [-0.25, -0.2) is 13.4 Å². The number of aromatic nitrogens is 1. The molecule has 0 bridgehead atoms. The van der Waals surface area contributed by atoms with E-state index < -0.39 is 9.84 Å². The summed E-state index contributed by atoms with van der Waals surface area (Å²) >= 11 is 0. The summed E-state index contributed by atoms with van der Waals surface area (Å²) in [5, 5.41) is 2.97. The standard InChI is InChI=1S/C20H25N3O3S/c1-4-15-7-5-6-14(2)19(15)22-20(24)18-9-8-16(12-21-18)23(3)17-10-11-27(25,26)13-17/h5-9,12,17H,4,10-11,13H2,1-3H3,(H,22,24).